The van der Waals surface area contributed by atoms with Gasteiger partial charge in [-0.1, -0.05) is 30.3 Å². The maximum absolute atomic E-state index is 2.45. The van der Waals surface area contributed by atoms with Gasteiger partial charge in [-0.05, 0) is 65.1 Å². The molecule has 132 valence electrons. The van der Waals surface area contributed by atoms with Gasteiger partial charge >= 0.3 is 0 Å². The molecule has 0 radical (unpaired) electrons. The van der Waals surface area contributed by atoms with Crippen LogP contribution in [0.3, 0.4) is 0 Å². The second kappa shape index (κ2) is 5.10. The molecule has 1 aliphatic carbocycles. The smallest absolute Gasteiger partial charge is 0.224 e. The number of pyridine rings is 1. The topological polar surface area (TPSA) is 7.12 Å². The molecule has 2 heterocycles. The number of anilines is 2. The van der Waals surface area contributed by atoms with Gasteiger partial charge < -0.3 is 4.90 Å². The molecule has 1 aliphatic heterocycles. The molecule has 3 aromatic carbocycles. The van der Waals surface area contributed by atoms with Crippen molar-refractivity contribution in [3.8, 4) is 11.3 Å². The molecule has 2 nitrogen and oxygen atoms in total. The van der Waals surface area contributed by atoms with Crippen LogP contribution in [0.4, 0.5) is 11.4 Å². The Morgan fingerprint density at radius 1 is 0.963 bits per heavy atom. The van der Waals surface area contributed by atoms with E-state index in [9.17, 15) is 0 Å². The van der Waals surface area contributed by atoms with Crippen LogP contribution in [0.1, 0.15) is 23.1 Å². The van der Waals surface area contributed by atoms with Gasteiger partial charge in [0.2, 0.25) is 5.69 Å². The van der Waals surface area contributed by atoms with Gasteiger partial charge in [0.15, 0.2) is 6.20 Å². The van der Waals surface area contributed by atoms with Crippen LogP contribution < -0.4 is 9.47 Å². The van der Waals surface area contributed by atoms with E-state index in [0.717, 1.165) is 0 Å². The van der Waals surface area contributed by atoms with Crippen LogP contribution in [0.25, 0.3) is 32.8 Å². The summed E-state index contributed by atoms with van der Waals surface area (Å²) in [5.41, 5.74) is 10.0. The van der Waals surface area contributed by atoms with Crippen molar-refractivity contribution in [3.63, 3.8) is 0 Å². The van der Waals surface area contributed by atoms with E-state index in [1.807, 2.05) is 0 Å². The van der Waals surface area contributed by atoms with Crippen molar-refractivity contribution in [2.75, 3.05) is 11.9 Å². The molecule has 0 spiro atoms. The van der Waals surface area contributed by atoms with Gasteiger partial charge in [-0.25, -0.2) is 4.57 Å². The fraction of sp³-hybridized carbons (Fsp3) is 0.240. The average Bonchev–Trinajstić information content (AvgIpc) is 2.70. The van der Waals surface area contributed by atoms with Gasteiger partial charge in [-0.2, -0.15) is 0 Å². The zero-order chi connectivity index (χ0) is 18.3. The molecule has 27 heavy (non-hydrogen) atoms. The Morgan fingerprint density at radius 3 is 2.70 bits per heavy atom. The molecule has 0 atom stereocenters. The number of hydrogen-bond acceptors (Lipinski definition) is 1. The summed E-state index contributed by atoms with van der Waals surface area (Å²) in [7, 11) is 4.44. The Hall–Kier alpha value is -2.87. The Bertz CT molecular complexity index is 1280. The Kier molecular flexibility index (Phi) is 2.87. The van der Waals surface area contributed by atoms with Crippen molar-refractivity contribution in [2.24, 2.45) is 7.05 Å². The summed E-state index contributed by atoms with van der Waals surface area (Å²) in [4.78, 5) is 2.45. The number of nitrogens with zero attached hydrogens (tertiary/aromatic N) is 2. The summed E-state index contributed by atoms with van der Waals surface area (Å²) < 4.78 is 2.32. The van der Waals surface area contributed by atoms with Gasteiger partial charge in [0, 0.05) is 13.1 Å². The highest BCUT2D eigenvalue weighted by Gasteiger charge is 2.34. The van der Waals surface area contributed by atoms with Crippen molar-refractivity contribution >= 4 is 32.9 Å². The zero-order valence-corrected chi connectivity index (χ0v) is 16.1. The van der Waals surface area contributed by atoms with Crippen molar-refractivity contribution in [2.45, 2.75) is 26.2 Å². The average molecular weight is 351 g/mol. The molecule has 0 bridgehead atoms. The summed E-state index contributed by atoms with van der Waals surface area (Å²) in [6.07, 6.45) is 5.82. The van der Waals surface area contributed by atoms with E-state index in [2.05, 4.69) is 79.1 Å². The van der Waals surface area contributed by atoms with E-state index in [1.54, 1.807) is 5.56 Å². The molecule has 0 N–H and O–H groups in total. The highest BCUT2D eigenvalue weighted by atomic mass is 15.1. The summed E-state index contributed by atoms with van der Waals surface area (Å²) in [5, 5.41) is 5.64. The summed E-state index contributed by atoms with van der Waals surface area (Å²) in [6.45, 7) is 2.32. The quantitative estimate of drug-likeness (QED) is 0.387. The molecule has 0 amide bonds. The van der Waals surface area contributed by atoms with Gasteiger partial charge in [0.05, 0.1) is 22.3 Å². The van der Waals surface area contributed by atoms with Crippen molar-refractivity contribution < 1.29 is 4.57 Å². The molecule has 0 saturated carbocycles. The van der Waals surface area contributed by atoms with E-state index >= 15 is 0 Å². The van der Waals surface area contributed by atoms with E-state index in [4.69, 9.17) is 0 Å². The second-order valence-corrected chi connectivity index (χ2v) is 8.10. The van der Waals surface area contributed by atoms with Crippen LogP contribution >= 0.6 is 0 Å². The molecule has 6 rings (SSSR count). The third kappa shape index (κ3) is 1.78. The summed E-state index contributed by atoms with van der Waals surface area (Å²) >= 11 is 0. The minimum Gasteiger partial charge on any atom is -0.343 e. The predicted octanol–water partition coefficient (Wildman–Crippen LogP) is 5.36. The fourth-order valence-corrected chi connectivity index (χ4v) is 5.52. The zero-order valence-electron chi connectivity index (χ0n) is 16.1. The van der Waals surface area contributed by atoms with Crippen molar-refractivity contribution in [1.82, 2.24) is 0 Å². The summed E-state index contributed by atoms with van der Waals surface area (Å²) in [6, 6.07) is 15.8. The molecule has 1 aromatic heterocycles. The van der Waals surface area contributed by atoms with Gasteiger partial charge in [0.25, 0.3) is 0 Å². The number of hydrogen-bond donors (Lipinski definition) is 0. The maximum Gasteiger partial charge on any atom is 0.224 e. The molecule has 2 aliphatic rings. The van der Waals surface area contributed by atoms with Crippen LogP contribution in [0.15, 0.2) is 48.7 Å². The SMILES string of the molecule is Cc1c2c(c3c4c(cccc14)CCC3)N(C)c1cccc3cc[n+](C)c-2c13. The minimum absolute atomic E-state index is 1.17. The maximum atomic E-state index is 2.45. The lowest BCUT2D eigenvalue weighted by Crippen LogP contribution is -2.34. The first-order chi connectivity index (χ1) is 13.2. The monoisotopic (exact) mass is 351 g/mol. The summed E-state index contributed by atoms with van der Waals surface area (Å²) in [5.74, 6) is 0. The first kappa shape index (κ1) is 15.2. The van der Waals surface area contributed by atoms with Gasteiger partial charge in [0.1, 0.15) is 7.05 Å². The Balaban J connectivity index is 1.91. The Labute approximate surface area is 159 Å². The van der Waals surface area contributed by atoms with Crippen LogP contribution in [0, 0.1) is 6.92 Å². The van der Waals surface area contributed by atoms with E-state index in [0.29, 0.717) is 0 Å². The third-order valence-electron chi connectivity index (χ3n) is 6.70. The molecule has 0 unspecified atom stereocenters. The number of aryl methyl sites for hydroxylation is 4. The van der Waals surface area contributed by atoms with Crippen molar-refractivity contribution in [3.05, 3.63) is 65.4 Å². The molecule has 0 saturated heterocycles. The Morgan fingerprint density at radius 2 is 1.81 bits per heavy atom. The van der Waals surface area contributed by atoms with Gasteiger partial charge in [-0.15, -0.1) is 0 Å². The number of fused-ring (bicyclic) bond motifs is 3. The molecular formula is C25H23N2+. The van der Waals surface area contributed by atoms with Crippen LogP contribution in [-0.4, -0.2) is 7.05 Å². The number of benzene rings is 3. The first-order valence-electron chi connectivity index (χ1n) is 9.89. The van der Waals surface area contributed by atoms with Crippen LogP contribution in [0.5, 0.6) is 0 Å². The van der Waals surface area contributed by atoms with Crippen LogP contribution in [0.2, 0.25) is 0 Å². The highest BCUT2D eigenvalue weighted by Crippen LogP contribution is 2.52. The largest absolute Gasteiger partial charge is 0.343 e. The number of aromatic nitrogens is 1. The van der Waals surface area contributed by atoms with E-state index in [-0.39, 0.29) is 0 Å². The van der Waals surface area contributed by atoms with E-state index < -0.39 is 0 Å². The highest BCUT2D eigenvalue weighted by molar-refractivity contribution is 6.14. The lowest BCUT2D eigenvalue weighted by molar-refractivity contribution is -0.659. The molecular weight excluding hydrogens is 328 g/mol. The standard InChI is InChI=1S/C25H23N2/c1-15-18-10-4-7-16-8-5-11-19(22(16)18)24-21(15)25-23-17(13-14-26(25)2)9-6-12-20(23)27(24)3/h4,6-7,9-10,12-14H,5,8,11H2,1-3H3/q+1. The lowest BCUT2D eigenvalue weighted by atomic mass is 9.80. The fourth-order valence-electron chi connectivity index (χ4n) is 5.52. The normalized spacial score (nSPS) is 14.7. The lowest BCUT2D eigenvalue weighted by Gasteiger charge is -2.34. The minimum atomic E-state index is 1.17. The van der Waals surface area contributed by atoms with E-state index in [1.165, 1.54) is 74.6 Å². The molecule has 2 heteroatoms. The predicted molar refractivity (Wildman–Crippen MR) is 113 cm³/mol. The molecule has 4 aromatic rings. The molecule has 0 fully saturated rings. The van der Waals surface area contributed by atoms with Crippen LogP contribution in [-0.2, 0) is 19.9 Å². The number of rotatable bonds is 0. The third-order valence-corrected chi connectivity index (χ3v) is 6.70. The first-order valence-corrected chi connectivity index (χ1v) is 9.89. The second-order valence-electron chi connectivity index (χ2n) is 8.10. The van der Waals surface area contributed by atoms with Crippen molar-refractivity contribution in [1.29, 1.82) is 0 Å². The van der Waals surface area contributed by atoms with Gasteiger partial charge in [-0.3, -0.25) is 0 Å².